The van der Waals surface area contributed by atoms with Crippen LogP contribution in [-0.4, -0.2) is 31.7 Å². The predicted octanol–water partition coefficient (Wildman–Crippen LogP) is 6.37. The van der Waals surface area contributed by atoms with Crippen molar-refractivity contribution < 1.29 is 56.5 Å². The fourth-order valence-electron chi connectivity index (χ4n) is 2.50. The maximum atomic E-state index is 13.9. The van der Waals surface area contributed by atoms with Crippen LogP contribution < -0.4 is 4.18 Å². The first kappa shape index (κ1) is 23.3. The number of hydrogen-bond donors (Lipinski definition) is 0. The fraction of sp³-hybridized carbons (Fsp3) is 0.250. The Hall–Kier alpha value is -2.35. The highest BCUT2D eigenvalue weighted by Gasteiger charge is 2.86. The Morgan fingerprint density at radius 3 is 1.97 bits per heavy atom. The Balaban J connectivity index is 2.16. The van der Waals surface area contributed by atoms with Gasteiger partial charge < -0.3 is 8.60 Å². The van der Waals surface area contributed by atoms with E-state index in [0.717, 1.165) is 6.07 Å². The van der Waals surface area contributed by atoms with Gasteiger partial charge in [-0.05, 0) is 18.2 Å². The Labute approximate surface area is 171 Å². The van der Waals surface area contributed by atoms with Gasteiger partial charge in [-0.2, -0.15) is 47.9 Å². The van der Waals surface area contributed by atoms with E-state index in [0.29, 0.717) is 0 Å². The molecule has 0 saturated carbocycles. The summed E-state index contributed by atoms with van der Waals surface area (Å²) < 4.78 is 150. The van der Waals surface area contributed by atoms with E-state index in [-0.39, 0.29) is 16.4 Å². The van der Waals surface area contributed by atoms with Crippen molar-refractivity contribution in [2.24, 2.45) is 0 Å². The lowest BCUT2D eigenvalue weighted by Gasteiger charge is -2.32. The zero-order valence-corrected chi connectivity index (χ0v) is 15.9. The molecule has 0 unspecified atom stereocenters. The van der Waals surface area contributed by atoms with Gasteiger partial charge in [0.1, 0.15) is 5.58 Å². The van der Waals surface area contributed by atoms with Crippen LogP contribution in [0.3, 0.4) is 0 Å². The quantitative estimate of drug-likeness (QED) is 0.302. The lowest BCUT2D eigenvalue weighted by atomic mass is 10.1. The summed E-state index contributed by atoms with van der Waals surface area (Å²) in [4.78, 5) is 0. The zero-order chi connectivity index (χ0) is 23.6. The van der Waals surface area contributed by atoms with E-state index < -0.39 is 49.7 Å². The summed E-state index contributed by atoms with van der Waals surface area (Å²) in [6.07, 6.45) is -7.20. The summed E-state index contributed by atoms with van der Waals surface area (Å²) >= 11 is 5.65. The molecule has 1 heterocycles. The smallest absolute Gasteiger partial charge is 0.452 e. The van der Waals surface area contributed by atoms with Gasteiger partial charge in [-0.15, -0.1) is 0 Å². The second-order valence-electron chi connectivity index (χ2n) is 6.05. The number of benzene rings is 2. The monoisotopic (exact) mass is 500 g/mol. The van der Waals surface area contributed by atoms with Crippen molar-refractivity contribution in [2.75, 3.05) is 0 Å². The molecular formula is C16H6ClF9O4S. The molecule has 170 valence electrons. The number of alkyl halides is 9. The molecule has 0 aliphatic heterocycles. The van der Waals surface area contributed by atoms with Crippen molar-refractivity contribution in [3.8, 4) is 5.75 Å². The van der Waals surface area contributed by atoms with Crippen LogP contribution in [-0.2, 0) is 10.1 Å². The van der Waals surface area contributed by atoms with E-state index in [9.17, 15) is 47.9 Å². The van der Waals surface area contributed by atoms with Gasteiger partial charge in [0, 0.05) is 10.8 Å². The SMILES string of the molecule is O=S(=O)(Oc1c(Cl)ccc2c1oc1ccccc12)C(F)(F)C(F)(F)C(F)(F)C(F)(F)F. The first-order valence-corrected chi connectivity index (χ1v) is 9.48. The van der Waals surface area contributed by atoms with Crippen LogP contribution in [0.15, 0.2) is 40.8 Å². The van der Waals surface area contributed by atoms with Crippen LogP contribution in [0.5, 0.6) is 5.75 Å². The standard InChI is InChI=1S/C16H6ClF9O4S/c17-9-6-5-8-7-3-1-2-4-10(7)29-11(8)12(9)30-31(27,28)16(25,26)14(20,21)13(18,19)15(22,23)24/h1-6H. The van der Waals surface area contributed by atoms with Crippen molar-refractivity contribution >= 4 is 43.7 Å². The molecule has 3 rings (SSSR count). The minimum absolute atomic E-state index is 0.000831. The van der Waals surface area contributed by atoms with Gasteiger partial charge in [0.2, 0.25) is 5.75 Å². The lowest BCUT2D eigenvalue weighted by molar-refractivity contribution is -0.382. The van der Waals surface area contributed by atoms with Gasteiger partial charge in [0.05, 0.1) is 5.02 Å². The molecule has 0 radical (unpaired) electrons. The third-order valence-corrected chi connectivity index (χ3v) is 5.64. The van der Waals surface area contributed by atoms with E-state index in [1.54, 1.807) is 0 Å². The average Bonchev–Trinajstić information content (AvgIpc) is 3.01. The number of halogens is 10. The Kier molecular flexibility index (Phi) is 5.13. The number of rotatable bonds is 5. The van der Waals surface area contributed by atoms with Crippen molar-refractivity contribution in [1.82, 2.24) is 0 Å². The molecule has 0 bridgehead atoms. The van der Waals surface area contributed by atoms with Crippen LogP contribution in [0.4, 0.5) is 39.5 Å². The lowest BCUT2D eigenvalue weighted by Crippen LogP contribution is -2.63. The summed E-state index contributed by atoms with van der Waals surface area (Å²) in [6, 6.07) is 7.83. The molecule has 3 aromatic rings. The van der Waals surface area contributed by atoms with E-state index in [1.807, 2.05) is 0 Å². The normalized spacial score (nSPS) is 14.4. The first-order chi connectivity index (χ1) is 14.0. The molecule has 0 fully saturated rings. The number of fused-ring (bicyclic) bond motifs is 3. The van der Waals surface area contributed by atoms with Crippen LogP contribution >= 0.6 is 11.6 Å². The molecule has 2 aromatic carbocycles. The van der Waals surface area contributed by atoms with Gasteiger partial charge in [-0.25, -0.2) is 0 Å². The highest BCUT2D eigenvalue weighted by atomic mass is 35.5. The van der Waals surface area contributed by atoms with Gasteiger partial charge in [-0.3, -0.25) is 0 Å². The molecular weight excluding hydrogens is 495 g/mol. The average molecular weight is 501 g/mol. The van der Waals surface area contributed by atoms with Gasteiger partial charge in [-0.1, -0.05) is 29.8 Å². The van der Waals surface area contributed by atoms with E-state index >= 15 is 0 Å². The van der Waals surface area contributed by atoms with Crippen LogP contribution in [0.1, 0.15) is 0 Å². The van der Waals surface area contributed by atoms with Crippen LogP contribution in [0.2, 0.25) is 5.02 Å². The van der Waals surface area contributed by atoms with Crippen molar-refractivity contribution in [1.29, 1.82) is 0 Å². The Bertz CT molecular complexity index is 1270. The second kappa shape index (κ2) is 6.82. The summed E-state index contributed by atoms with van der Waals surface area (Å²) in [7, 11) is -7.17. The summed E-state index contributed by atoms with van der Waals surface area (Å²) in [5.41, 5.74) is -0.610. The molecule has 0 spiro atoms. The molecule has 0 aliphatic carbocycles. The zero-order valence-electron chi connectivity index (χ0n) is 14.3. The second-order valence-corrected chi connectivity index (χ2v) is 8.05. The highest BCUT2D eigenvalue weighted by molar-refractivity contribution is 7.88. The Morgan fingerprint density at radius 1 is 0.806 bits per heavy atom. The maximum Gasteiger partial charge on any atom is 0.460 e. The molecule has 15 heteroatoms. The van der Waals surface area contributed by atoms with Crippen molar-refractivity contribution in [2.45, 2.75) is 23.3 Å². The highest BCUT2D eigenvalue weighted by Crippen LogP contribution is 2.55. The van der Waals surface area contributed by atoms with Gasteiger partial charge in [0.25, 0.3) is 0 Å². The van der Waals surface area contributed by atoms with E-state index in [4.69, 9.17) is 16.0 Å². The molecule has 0 saturated heterocycles. The van der Waals surface area contributed by atoms with Gasteiger partial charge >= 0.3 is 33.4 Å². The predicted molar refractivity (Wildman–Crippen MR) is 89.2 cm³/mol. The van der Waals surface area contributed by atoms with Crippen LogP contribution in [0, 0.1) is 0 Å². The van der Waals surface area contributed by atoms with Crippen molar-refractivity contribution in [3.05, 3.63) is 41.4 Å². The molecule has 0 N–H and O–H groups in total. The molecule has 0 amide bonds. The minimum atomic E-state index is -7.44. The topological polar surface area (TPSA) is 56.5 Å². The third-order valence-electron chi connectivity index (χ3n) is 4.08. The fourth-order valence-corrected chi connectivity index (χ4v) is 3.66. The summed E-state index contributed by atoms with van der Waals surface area (Å²) in [6.45, 7) is 0. The molecule has 0 atom stereocenters. The number of para-hydroxylation sites is 1. The number of furan rings is 1. The first-order valence-electron chi connectivity index (χ1n) is 7.69. The molecule has 31 heavy (non-hydrogen) atoms. The maximum absolute atomic E-state index is 13.9. The molecule has 1 aromatic heterocycles. The molecule has 4 nitrogen and oxygen atoms in total. The van der Waals surface area contributed by atoms with Crippen LogP contribution in [0.25, 0.3) is 21.9 Å². The summed E-state index contributed by atoms with van der Waals surface area (Å²) in [5.74, 6) is -16.2. The third kappa shape index (κ3) is 3.26. The van der Waals surface area contributed by atoms with E-state index in [1.165, 1.54) is 30.3 Å². The summed E-state index contributed by atoms with van der Waals surface area (Å²) in [5, 5.41) is -7.55. The Morgan fingerprint density at radius 2 is 1.39 bits per heavy atom. The van der Waals surface area contributed by atoms with E-state index in [2.05, 4.69) is 4.18 Å². The largest absolute Gasteiger partial charge is 0.460 e. The van der Waals surface area contributed by atoms with Crippen molar-refractivity contribution in [3.63, 3.8) is 0 Å². The number of hydrogen-bond acceptors (Lipinski definition) is 4. The minimum Gasteiger partial charge on any atom is -0.452 e. The van der Waals surface area contributed by atoms with Gasteiger partial charge in [0.15, 0.2) is 5.58 Å². The molecule has 0 aliphatic rings.